The van der Waals surface area contributed by atoms with Gasteiger partial charge in [-0.1, -0.05) is 6.07 Å². The number of methoxy groups -OCH3 is 1. The molecule has 0 unspecified atom stereocenters. The van der Waals surface area contributed by atoms with Gasteiger partial charge in [0.15, 0.2) is 0 Å². The summed E-state index contributed by atoms with van der Waals surface area (Å²) in [5.41, 5.74) is 5.30. The van der Waals surface area contributed by atoms with Crippen molar-refractivity contribution in [3.05, 3.63) is 47.3 Å². The maximum Gasteiger partial charge on any atom is 0.0695 e. The monoisotopic (exact) mass is 368 g/mol. The van der Waals surface area contributed by atoms with Crippen LogP contribution in [-0.2, 0) is 11.3 Å². The first kappa shape index (κ1) is 18.7. The minimum atomic E-state index is 0.665. The summed E-state index contributed by atoms with van der Waals surface area (Å²) >= 11 is 0. The third kappa shape index (κ3) is 4.10. The summed E-state index contributed by atoms with van der Waals surface area (Å²) in [6, 6.07) is 7.24. The topological polar surface area (TPSA) is 33.5 Å². The van der Waals surface area contributed by atoms with Gasteiger partial charge in [-0.05, 0) is 61.4 Å². The van der Waals surface area contributed by atoms with E-state index in [0.717, 1.165) is 32.2 Å². The summed E-state index contributed by atoms with van der Waals surface area (Å²) in [4.78, 5) is 5.34. The average molecular weight is 369 g/mol. The Morgan fingerprint density at radius 3 is 2.81 bits per heavy atom. The Balaban J connectivity index is 1.56. The molecule has 5 rings (SSSR count). The van der Waals surface area contributed by atoms with Crippen LogP contribution in [0.15, 0.2) is 30.6 Å². The molecular weight excluding hydrogens is 336 g/mol. The first-order chi connectivity index (χ1) is 13.1. The van der Waals surface area contributed by atoms with Crippen LogP contribution in [0.5, 0.6) is 0 Å². The summed E-state index contributed by atoms with van der Waals surface area (Å²) < 4.78 is 7.36. The van der Waals surface area contributed by atoms with Crippen molar-refractivity contribution in [2.75, 3.05) is 39.9 Å². The molecule has 3 aliphatic heterocycles. The smallest absolute Gasteiger partial charge is 0.0695 e. The lowest BCUT2D eigenvalue weighted by Crippen LogP contribution is -2.45. The van der Waals surface area contributed by atoms with Gasteiger partial charge in [-0.15, -0.1) is 0 Å². The predicted molar refractivity (Wildman–Crippen MR) is 108 cm³/mol. The summed E-state index contributed by atoms with van der Waals surface area (Å²) in [5.74, 6) is 0.777. The molecule has 1 aromatic carbocycles. The minimum absolute atomic E-state index is 0.665. The number of aromatic nitrogens is 2. The van der Waals surface area contributed by atoms with Gasteiger partial charge in [0.2, 0.25) is 0 Å². The zero-order chi connectivity index (χ0) is 18.8. The number of hydrogen-bond donors (Lipinski definition) is 0. The van der Waals surface area contributed by atoms with E-state index in [2.05, 4.69) is 47.1 Å². The number of fused-ring (bicyclic) bond motifs is 4. The van der Waals surface area contributed by atoms with Gasteiger partial charge < -0.3 is 4.74 Å². The fourth-order valence-electron chi connectivity index (χ4n) is 4.91. The molecule has 0 aliphatic carbocycles. The van der Waals surface area contributed by atoms with E-state index in [1.165, 1.54) is 48.3 Å². The van der Waals surface area contributed by atoms with Crippen molar-refractivity contribution in [1.29, 1.82) is 0 Å². The van der Waals surface area contributed by atoms with Gasteiger partial charge >= 0.3 is 0 Å². The van der Waals surface area contributed by atoms with Crippen molar-refractivity contribution < 1.29 is 4.74 Å². The lowest BCUT2D eigenvalue weighted by molar-refractivity contribution is 0.0867. The molecule has 0 amide bonds. The molecule has 0 saturated carbocycles. The number of benzene rings is 1. The van der Waals surface area contributed by atoms with Gasteiger partial charge in [0, 0.05) is 58.3 Å². The minimum Gasteiger partial charge on any atom is -0.383 e. The van der Waals surface area contributed by atoms with Crippen molar-refractivity contribution in [1.82, 2.24) is 19.6 Å². The normalized spacial score (nSPS) is 23.7. The van der Waals surface area contributed by atoms with E-state index in [4.69, 9.17) is 4.74 Å². The Labute approximate surface area is 162 Å². The van der Waals surface area contributed by atoms with Crippen LogP contribution in [0, 0.1) is 19.8 Å². The number of ether oxygens (including phenoxy) is 1. The van der Waals surface area contributed by atoms with Gasteiger partial charge in [-0.3, -0.25) is 9.80 Å². The van der Waals surface area contributed by atoms with Gasteiger partial charge in [0.05, 0.1) is 12.3 Å². The highest BCUT2D eigenvalue weighted by molar-refractivity contribution is 5.48. The van der Waals surface area contributed by atoms with Crippen molar-refractivity contribution in [3.63, 3.8) is 0 Å². The van der Waals surface area contributed by atoms with E-state index in [-0.39, 0.29) is 0 Å². The molecule has 2 aromatic rings. The first-order valence-electron chi connectivity index (χ1n) is 10.2. The van der Waals surface area contributed by atoms with E-state index in [1.54, 1.807) is 7.11 Å². The molecule has 3 fully saturated rings. The maximum atomic E-state index is 5.33. The Morgan fingerprint density at radius 2 is 2.04 bits per heavy atom. The van der Waals surface area contributed by atoms with Crippen molar-refractivity contribution in [2.24, 2.45) is 5.92 Å². The molecule has 5 heteroatoms. The van der Waals surface area contributed by atoms with E-state index in [0.29, 0.717) is 6.04 Å². The van der Waals surface area contributed by atoms with Crippen molar-refractivity contribution >= 4 is 0 Å². The summed E-state index contributed by atoms with van der Waals surface area (Å²) in [6.07, 6.45) is 6.60. The lowest BCUT2D eigenvalue weighted by atomic mass is 9.95. The summed E-state index contributed by atoms with van der Waals surface area (Å²) in [5, 5.41) is 4.51. The summed E-state index contributed by atoms with van der Waals surface area (Å²) in [7, 11) is 1.80. The van der Waals surface area contributed by atoms with Crippen LogP contribution in [0.2, 0.25) is 0 Å². The molecule has 2 atom stereocenters. The van der Waals surface area contributed by atoms with Crippen LogP contribution in [-0.4, -0.2) is 65.5 Å². The van der Waals surface area contributed by atoms with Crippen LogP contribution < -0.4 is 0 Å². The Hall–Kier alpha value is -1.69. The molecule has 3 saturated heterocycles. The number of aryl methyl sites for hydroxylation is 2. The molecule has 27 heavy (non-hydrogen) atoms. The first-order valence-corrected chi connectivity index (χ1v) is 10.2. The van der Waals surface area contributed by atoms with Gasteiger partial charge in [0.25, 0.3) is 0 Å². The van der Waals surface area contributed by atoms with E-state index in [9.17, 15) is 0 Å². The van der Waals surface area contributed by atoms with Gasteiger partial charge in [-0.25, -0.2) is 4.68 Å². The number of nitrogens with zero attached hydrogens (tertiary/aromatic N) is 4. The maximum absolute atomic E-state index is 5.33. The molecular formula is C22H32N4O. The highest BCUT2D eigenvalue weighted by Gasteiger charge is 2.34. The summed E-state index contributed by atoms with van der Waals surface area (Å²) in [6.45, 7) is 10.9. The van der Waals surface area contributed by atoms with Crippen LogP contribution >= 0.6 is 0 Å². The third-order valence-corrected chi connectivity index (χ3v) is 6.21. The second kappa shape index (κ2) is 8.13. The molecule has 4 heterocycles. The number of piperidine rings is 1. The highest BCUT2D eigenvalue weighted by atomic mass is 16.5. The highest BCUT2D eigenvalue weighted by Crippen LogP contribution is 2.30. The molecule has 3 aliphatic rings. The third-order valence-electron chi connectivity index (χ3n) is 6.21. The quantitative estimate of drug-likeness (QED) is 0.785. The molecule has 0 radical (unpaired) electrons. The SMILES string of the molecule is COCCN1C[C@H]2CC[C@@H]1CN(Cc1c(C)cc(C)cc1-n1cccn1)C2. The average Bonchev–Trinajstić information content (AvgIpc) is 3.04. The van der Waals surface area contributed by atoms with Crippen LogP contribution in [0.1, 0.15) is 29.5 Å². The number of rotatable bonds is 6. The van der Waals surface area contributed by atoms with Crippen molar-refractivity contribution in [2.45, 2.75) is 39.3 Å². The fraction of sp³-hybridized carbons (Fsp3) is 0.591. The van der Waals surface area contributed by atoms with E-state index >= 15 is 0 Å². The second-order valence-electron chi connectivity index (χ2n) is 8.31. The zero-order valence-corrected chi connectivity index (χ0v) is 16.9. The molecule has 0 spiro atoms. The lowest BCUT2D eigenvalue weighted by Gasteiger charge is -2.36. The number of hydrogen-bond acceptors (Lipinski definition) is 4. The van der Waals surface area contributed by atoms with Crippen LogP contribution in [0.3, 0.4) is 0 Å². The second-order valence-corrected chi connectivity index (χ2v) is 8.31. The Kier molecular flexibility index (Phi) is 5.62. The Bertz CT molecular complexity index is 758. The molecule has 146 valence electrons. The van der Waals surface area contributed by atoms with Crippen molar-refractivity contribution in [3.8, 4) is 5.69 Å². The molecule has 0 N–H and O–H groups in total. The van der Waals surface area contributed by atoms with E-state index in [1.807, 2.05) is 16.9 Å². The predicted octanol–water partition coefficient (Wildman–Crippen LogP) is 3.03. The van der Waals surface area contributed by atoms with E-state index < -0.39 is 0 Å². The molecule has 1 aromatic heterocycles. The Morgan fingerprint density at radius 1 is 1.15 bits per heavy atom. The largest absolute Gasteiger partial charge is 0.383 e. The van der Waals surface area contributed by atoms with Crippen LogP contribution in [0.25, 0.3) is 5.69 Å². The van der Waals surface area contributed by atoms with Gasteiger partial charge in [0.1, 0.15) is 0 Å². The molecule has 2 bridgehead atoms. The zero-order valence-electron chi connectivity index (χ0n) is 16.9. The van der Waals surface area contributed by atoms with Crippen LogP contribution in [0.4, 0.5) is 0 Å². The fourth-order valence-corrected chi connectivity index (χ4v) is 4.91. The van der Waals surface area contributed by atoms with Gasteiger partial charge in [-0.2, -0.15) is 5.10 Å². The standard InChI is InChI=1S/C22H32N4O/c1-17-11-18(2)21(22(12-17)26-8-4-7-23-26)16-24-13-19-5-6-20(15-24)25(14-19)9-10-27-3/h4,7-8,11-12,19-20H,5-6,9-10,13-16H2,1-3H3/t19-,20+/m0/s1. The molecule has 5 nitrogen and oxygen atoms in total.